The predicted octanol–water partition coefficient (Wildman–Crippen LogP) is 0.192. The minimum absolute atomic E-state index is 0.275. The van der Waals surface area contributed by atoms with Gasteiger partial charge in [-0.15, -0.1) is 11.8 Å². The predicted molar refractivity (Wildman–Crippen MR) is 50.1 cm³/mol. The Morgan fingerprint density at radius 3 is 2.92 bits per heavy atom. The Bertz CT molecular complexity index is 304. The maximum Gasteiger partial charge on any atom is 0.286 e. The molecule has 1 aromatic heterocycles. The quantitative estimate of drug-likeness (QED) is 0.314. The third kappa shape index (κ3) is 2.40. The number of carbonyl (C=O) groups is 1. The Morgan fingerprint density at radius 1 is 1.62 bits per heavy atom. The number of rotatable bonds is 3. The lowest BCUT2D eigenvalue weighted by atomic mass is 10.4. The van der Waals surface area contributed by atoms with E-state index in [0.29, 0.717) is 5.03 Å². The number of hydrogen-bond donors (Lipinski definition) is 2. The van der Waals surface area contributed by atoms with E-state index < -0.39 is 5.91 Å². The lowest BCUT2D eigenvalue weighted by Gasteiger charge is -2.03. The first-order valence-corrected chi connectivity index (χ1v) is 4.73. The number of hydrazine groups is 1. The molecule has 0 unspecified atom stereocenters. The maximum absolute atomic E-state index is 11.2. The van der Waals surface area contributed by atoms with Crippen molar-refractivity contribution in [2.75, 3.05) is 5.75 Å². The molecule has 0 atom stereocenters. The van der Waals surface area contributed by atoms with Gasteiger partial charge in [-0.3, -0.25) is 10.2 Å². The average molecular weight is 198 g/mol. The highest BCUT2D eigenvalue weighted by Gasteiger charge is 2.11. The molecule has 1 aromatic rings. The highest BCUT2D eigenvalue weighted by atomic mass is 32.2. The Hall–Kier alpha value is -1.14. The smallest absolute Gasteiger partial charge is 0.286 e. The molecule has 13 heavy (non-hydrogen) atoms. The Balaban J connectivity index is 2.97. The van der Waals surface area contributed by atoms with E-state index in [1.165, 1.54) is 18.0 Å². The van der Waals surface area contributed by atoms with Crippen LogP contribution in [0, 0.1) is 0 Å². The van der Waals surface area contributed by atoms with Crippen LogP contribution in [-0.4, -0.2) is 21.6 Å². The summed E-state index contributed by atoms with van der Waals surface area (Å²) in [4.78, 5) is 19.1. The first-order valence-electron chi connectivity index (χ1n) is 3.74. The number of hydrogen-bond acceptors (Lipinski definition) is 5. The number of carbonyl (C=O) groups excluding carboxylic acids is 1. The van der Waals surface area contributed by atoms with E-state index in [9.17, 15) is 4.79 Å². The highest BCUT2D eigenvalue weighted by Crippen LogP contribution is 2.16. The molecule has 0 saturated carbocycles. The largest absolute Gasteiger partial charge is 0.289 e. The molecule has 0 aliphatic heterocycles. The van der Waals surface area contributed by atoms with Gasteiger partial charge in [-0.25, -0.2) is 15.8 Å². The second kappa shape index (κ2) is 4.78. The molecule has 0 spiro atoms. The second-order valence-electron chi connectivity index (χ2n) is 2.12. The van der Waals surface area contributed by atoms with Gasteiger partial charge in [0.2, 0.25) is 0 Å². The molecule has 3 N–H and O–H groups in total. The van der Waals surface area contributed by atoms with Gasteiger partial charge in [0.15, 0.2) is 5.69 Å². The monoisotopic (exact) mass is 198 g/mol. The highest BCUT2D eigenvalue weighted by molar-refractivity contribution is 7.99. The molecule has 0 fully saturated rings. The normalized spacial score (nSPS) is 9.69. The van der Waals surface area contributed by atoms with Gasteiger partial charge in [-0.05, 0) is 5.75 Å². The van der Waals surface area contributed by atoms with Gasteiger partial charge in [0.25, 0.3) is 5.91 Å². The molecule has 0 aliphatic carbocycles. The summed E-state index contributed by atoms with van der Waals surface area (Å²) in [6.07, 6.45) is 3.01. The molecule has 1 rings (SSSR count). The van der Waals surface area contributed by atoms with Gasteiger partial charge >= 0.3 is 0 Å². The minimum Gasteiger partial charge on any atom is -0.289 e. The van der Waals surface area contributed by atoms with E-state index in [1.807, 2.05) is 12.3 Å². The summed E-state index contributed by atoms with van der Waals surface area (Å²) >= 11 is 1.46. The summed E-state index contributed by atoms with van der Waals surface area (Å²) in [5, 5.41) is 0.605. The average Bonchev–Trinajstić information content (AvgIpc) is 2.18. The van der Waals surface area contributed by atoms with Crippen molar-refractivity contribution in [1.29, 1.82) is 0 Å². The molecule has 0 aromatic carbocycles. The summed E-state index contributed by atoms with van der Waals surface area (Å²) in [6.45, 7) is 1.98. The van der Waals surface area contributed by atoms with Crippen molar-refractivity contribution in [2.24, 2.45) is 5.84 Å². The standard InChI is InChI=1S/C7H10N4OS/c1-2-13-7-5(6(12)11-8)9-3-4-10-7/h3-4H,2,8H2,1H3,(H,11,12). The molecule has 0 radical (unpaired) electrons. The van der Waals surface area contributed by atoms with Crippen LogP contribution in [0.3, 0.4) is 0 Å². The molecule has 0 saturated heterocycles. The van der Waals surface area contributed by atoms with E-state index in [4.69, 9.17) is 5.84 Å². The van der Waals surface area contributed by atoms with Crippen LogP contribution in [0.2, 0.25) is 0 Å². The lowest BCUT2D eigenvalue weighted by molar-refractivity contribution is 0.0944. The third-order valence-corrected chi connectivity index (χ3v) is 2.15. The van der Waals surface area contributed by atoms with Crippen LogP contribution in [-0.2, 0) is 0 Å². The molecular formula is C7H10N4OS. The van der Waals surface area contributed by atoms with Gasteiger partial charge in [0.05, 0.1) is 0 Å². The summed E-state index contributed by atoms with van der Waals surface area (Å²) < 4.78 is 0. The van der Waals surface area contributed by atoms with Crippen molar-refractivity contribution in [3.05, 3.63) is 18.1 Å². The SMILES string of the molecule is CCSc1nccnc1C(=O)NN. The number of aromatic nitrogens is 2. The Morgan fingerprint density at radius 2 is 2.31 bits per heavy atom. The number of nitrogens with zero attached hydrogens (tertiary/aromatic N) is 2. The van der Waals surface area contributed by atoms with Gasteiger partial charge in [0.1, 0.15) is 5.03 Å². The molecule has 5 nitrogen and oxygen atoms in total. The number of nitrogens with two attached hydrogens (primary N) is 1. The third-order valence-electron chi connectivity index (χ3n) is 1.29. The van der Waals surface area contributed by atoms with E-state index >= 15 is 0 Å². The first kappa shape index (κ1) is 9.94. The molecule has 1 heterocycles. The van der Waals surface area contributed by atoms with Crippen molar-refractivity contribution >= 4 is 17.7 Å². The van der Waals surface area contributed by atoms with Crippen molar-refractivity contribution in [1.82, 2.24) is 15.4 Å². The van der Waals surface area contributed by atoms with Crippen LogP contribution >= 0.6 is 11.8 Å². The first-order chi connectivity index (χ1) is 6.29. The van der Waals surface area contributed by atoms with E-state index in [1.54, 1.807) is 6.20 Å². The van der Waals surface area contributed by atoms with E-state index in [2.05, 4.69) is 9.97 Å². The molecule has 6 heteroatoms. The van der Waals surface area contributed by atoms with Gasteiger partial charge in [0, 0.05) is 12.4 Å². The Labute approximate surface area is 80.1 Å². The van der Waals surface area contributed by atoms with Crippen molar-refractivity contribution in [3.8, 4) is 0 Å². The molecule has 0 bridgehead atoms. The van der Waals surface area contributed by atoms with Gasteiger partial charge in [-0.1, -0.05) is 6.92 Å². The van der Waals surface area contributed by atoms with Crippen LogP contribution in [0.5, 0.6) is 0 Å². The summed E-state index contributed by atoms with van der Waals surface area (Å²) in [7, 11) is 0. The maximum atomic E-state index is 11.2. The zero-order valence-electron chi connectivity index (χ0n) is 7.15. The van der Waals surface area contributed by atoms with Crippen molar-refractivity contribution < 1.29 is 4.79 Å². The van der Waals surface area contributed by atoms with Crippen LogP contribution < -0.4 is 11.3 Å². The topological polar surface area (TPSA) is 80.9 Å². The molecule has 0 aliphatic rings. The van der Waals surface area contributed by atoms with Crippen LogP contribution in [0.25, 0.3) is 0 Å². The fraction of sp³-hybridized carbons (Fsp3) is 0.286. The molecule has 70 valence electrons. The Kier molecular flexibility index (Phi) is 3.66. The van der Waals surface area contributed by atoms with Crippen molar-refractivity contribution in [2.45, 2.75) is 11.9 Å². The fourth-order valence-corrected chi connectivity index (χ4v) is 1.48. The number of thioether (sulfide) groups is 1. The summed E-state index contributed by atoms with van der Waals surface area (Å²) in [5.41, 5.74) is 2.30. The zero-order chi connectivity index (χ0) is 9.68. The molecule has 1 amide bonds. The second-order valence-corrected chi connectivity index (χ2v) is 3.37. The van der Waals surface area contributed by atoms with Crippen LogP contribution in [0.4, 0.5) is 0 Å². The van der Waals surface area contributed by atoms with Crippen LogP contribution in [0.15, 0.2) is 17.4 Å². The zero-order valence-corrected chi connectivity index (χ0v) is 7.97. The number of nitrogen functional groups attached to an aromatic ring is 1. The summed E-state index contributed by atoms with van der Waals surface area (Å²) in [5.74, 6) is 5.42. The number of nitrogens with one attached hydrogen (secondary N) is 1. The van der Waals surface area contributed by atoms with Crippen LogP contribution in [0.1, 0.15) is 17.4 Å². The summed E-state index contributed by atoms with van der Waals surface area (Å²) in [6, 6.07) is 0. The van der Waals surface area contributed by atoms with E-state index in [0.717, 1.165) is 5.75 Å². The van der Waals surface area contributed by atoms with E-state index in [-0.39, 0.29) is 5.69 Å². The van der Waals surface area contributed by atoms with Crippen molar-refractivity contribution in [3.63, 3.8) is 0 Å². The molecular weight excluding hydrogens is 188 g/mol. The van der Waals surface area contributed by atoms with Gasteiger partial charge in [-0.2, -0.15) is 0 Å². The lowest BCUT2D eigenvalue weighted by Crippen LogP contribution is -2.31. The number of amides is 1. The minimum atomic E-state index is -0.413. The fourth-order valence-electron chi connectivity index (χ4n) is 0.792. The van der Waals surface area contributed by atoms with Gasteiger partial charge < -0.3 is 0 Å².